The maximum absolute atomic E-state index is 13.1. The Bertz CT molecular complexity index is 1210. The molecule has 0 aliphatic carbocycles. The van der Waals surface area contributed by atoms with Gasteiger partial charge in [0.15, 0.2) is 0 Å². The lowest BCUT2D eigenvalue weighted by Gasteiger charge is -2.26. The van der Waals surface area contributed by atoms with Gasteiger partial charge in [0.05, 0.1) is 22.6 Å². The largest absolute Gasteiger partial charge is 0.495 e. The molecule has 1 N–H and O–H groups in total. The molecule has 31 heavy (non-hydrogen) atoms. The zero-order valence-electron chi connectivity index (χ0n) is 16.4. The van der Waals surface area contributed by atoms with Gasteiger partial charge in [-0.05, 0) is 43.2 Å². The molecule has 0 spiro atoms. The van der Waals surface area contributed by atoms with Crippen LogP contribution in [0.5, 0.6) is 5.75 Å². The van der Waals surface area contributed by atoms with Gasteiger partial charge in [-0.1, -0.05) is 18.0 Å². The van der Waals surface area contributed by atoms with E-state index in [1.54, 1.807) is 0 Å². The summed E-state index contributed by atoms with van der Waals surface area (Å²) < 4.78 is 60.4. The van der Waals surface area contributed by atoms with E-state index < -0.39 is 30.7 Å². The Morgan fingerprint density at radius 2 is 1.74 bits per heavy atom. The highest BCUT2D eigenvalue weighted by atomic mass is 35.5. The van der Waals surface area contributed by atoms with Crippen molar-refractivity contribution in [1.29, 1.82) is 0 Å². The van der Waals surface area contributed by atoms with Gasteiger partial charge in [0, 0.05) is 19.2 Å². The van der Waals surface area contributed by atoms with Crippen molar-refractivity contribution in [3.8, 4) is 5.75 Å². The molecule has 0 bridgehead atoms. The Morgan fingerprint density at radius 3 is 2.35 bits per heavy atom. The molecular formula is C18H20ClN3O7S2. The molecule has 0 radical (unpaired) electrons. The third-order valence-electron chi connectivity index (χ3n) is 4.77. The molecule has 1 heterocycles. The lowest BCUT2D eigenvalue weighted by atomic mass is 10.2. The number of piperidine rings is 1. The van der Waals surface area contributed by atoms with E-state index in [4.69, 9.17) is 16.3 Å². The first-order valence-corrected chi connectivity index (χ1v) is 12.5. The maximum Gasteiger partial charge on any atom is 0.289 e. The van der Waals surface area contributed by atoms with E-state index >= 15 is 0 Å². The average molecular weight is 490 g/mol. The van der Waals surface area contributed by atoms with Crippen LogP contribution in [0.15, 0.2) is 46.2 Å². The number of methoxy groups -OCH3 is 1. The van der Waals surface area contributed by atoms with E-state index in [9.17, 15) is 26.9 Å². The van der Waals surface area contributed by atoms with Crippen molar-refractivity contribution >= 4 is 43.0 Å². The molecule has 3 rings (SSSR count). The molecule has 0 amide bonds. The predicted molar refractivity (Wildman–Crippen MR) is 115 cm³/mol. The van der Waals surface area contributed by atoms with Crippen LogP contribution in [-0.2, 0) is 20.0 Å². The normalized spacial score (nSPS) is 15.4. The summed E-state index contributed by atoms with van der Waals surface area (Å²) in [5, 5.41) is 10.9. The van der Waals surface area contributed by atoms with Crippen LogP contribution in [0.3, 0.4) is 0 Å². The van der Waals surface area contributed by atoms with Crippen LogP contribution in [0.25, 0.3) is 0 Å². The second-order valence-corrected chi connectivity index (χ2v) is 10.8. The minimum Gasteiger partial charge on any atom is -0.495 e. The highest BCUT2D eigenvalue weighted by Crippen LogP contribution is 2.33. The van der Waals surface area contributed by atoms with Crippen LogP contribution in [0.2, 0.25) is 5.02 Å². The lowest BCUT2D eigenvalue weighted by Crippen LogP contribution is -2.35. The number of halogens is 1. The molecule has 0 aromatic heterocycles. The van der Waals surface area contributed by atoms with Gasteiger partial charge in [-0.3, -0.25) is 14.8 Å². The number of sulfonamides is 2. The second-order valence-electron chi connectivity index (χ2n) is 6.81. The summed E-state index contributed by atoms with van der Waals surface area (Å²) in [6.45, 7) is 0.742. The summed E-state index contributed by atoms with van der Waals surface area (Å²) in [5.74, 6) is 0.0793. The van der Waals surface area contributed by atoms with Crippen LogP contribution in [0.1, 0.15) is 19.3 Å². The zero-order chi connectivity index (χ0) is 22.8. The van der Waals surface area contributed by atoms with Gasteiger partial charge < -0.3 is 4.74 Å². The quantitative estimate of drug-likeness (QED) is 0.465. The van der Waals surface area contributed by atoms with Crippen LogP contribution >= 0.6 is 11.6 Å². The monoisotopic (exact) mass is 489 g/mol. The first-order valence-electron chi connectivity index (χ1n) is 9.21. The van der Waals surface area contributed by atoms with E-state index in [1.165, 1.54) is 29.6 Å². The fraction of sp³-hybridized carbons (Fsp3) is 0.333. The minimum absolute atomic E-state index is 0.0333. The Hall–Kier alpha value is -2.41. The number of hydrogen-bond donors (Lipinski definition) is 1. The smallest absolute Gasteiger partial charge is 0.289 e. The number of nitro groups is 1. The Labute approximate surface area is 185 Å². The molecule has 168 valence electrons. The molecule has 1 fully saturated rings. The summed E-state index contributed by atoms with van der Waals surface area (Å²) in [4.78, 5) is 9.71. The highest BCUT2D eigenvalue weighted by molar-refractivity contribution is 7.92. The van der Waals surface area contributed by atoms with Crippen LogP contribution in [0, 0.1) is 10.1 Å². The molecule has 1 saturated heterocycles. The third-order valence-corrected chi connectivity index (χ3v) is 8.39. The predicted octanol–water partition coefficient (Wildman–Crippen LogP) is 3.23. The molecule has 1 aliphatic rings. The Morgan fingerprint density at radius 1 is 1.06 bits per heavy atom. The molecule has 13 heteroatoms. The van der Waals surface area contributed by atoms with Crippen molar-refractivity contribution in [1.82, 2.24) is 4.31 Å². The van der Waals surface area contributed by atoms with Crippen molar-refractivity contribution in [2.45, 2.75) is 29.1 Å². The number of nitro benzene ring substituents is 1. The average Bonchev–Trinajstić information content (AvgIpc) is 2.74. The van der Waals surface area contributed by atoms with Crippen LogP contribution in [0.4, 0.5) is 11.4 Å². The van der Waals surface area contributed by atoms with Crippen molar-refractivity contribution < 1.29 is 26.5 Å². The lowest BCUT2D eigenvalue weighted by molar-refractivity contribution is -0.384. The number of nitrogens with zero attached hydrogens (tertiary/aromatic N) is 2. The molecule has 10 nitrogen and oxygen atoms in total. The summed E-state index contributed by atoms with van der Waals surface area (Å²) in [5.41, 5.74) is -0.596. The Balaban J connectivity index is 1.98. The van der Waals surface area contributed by atoms with E-state index in [1.807, 2.05) is 0 Å². The number of benzene rings is 2. The van der Waals surface area contributed by atoms with Gasteiger partial charge in [-0.2, -0.15) is 4.31 Å². The van der Waals surface area contributed by atoms with E-state index in [0.717, 1.165) is 37.5 Å². The Kier molecular flexibility index (Phi) is 6.74. The van der Waals surface area contributed by atoms with Crippen molar-refractivity contribution in [2.75, 3.05) is 24.9 Å². The van der Waals surface area contributed by atoms with E-state index in [2.05, 4.69) is 4.72 Å². The molecule has 2 aromatic carbocycles. The first kappa shape index (κ1) is 23.3. The summed E-state index contributed by atoms with van der Waals surface area (Å²) in [7, 11) is -6.84. The van der Waals surface area contributed by atoms with Gasteiger partial charge in [0.1, 0.15) is 15.7 Å². The standard InChI is InChI=1S/C18H20ClN3O7S2/c1-29-17-8-5-13(11-18(17)31(27,28)21-9-3-2-4-10-21)20-30(25,26)14-6-7-15(19)16(12-14)22(23)24/h5-8,11-12,20H,2-4,9-10H2,1H3. The first-order chi connectivity index (χ1) is 14.6. The number of ether oxygens (including phenoxy) is 1. The van der Waals surface area contributed by atoms with E-state index in [0.29, 0.717) is 13.1 Å². The highest BCUT2D eigenvalue weighted by Gasteiger charge is 2.30. The summed E-state index contributed by atoms with van der Waals surface area (Å²) in [6.07, 6.45) is 2.42. The van der Waals surface area contributed by atoms with Crippen molar-refractivity contribution in [3.05, 3.63) is 51.5 Å². The number of hydrogen-bond acceptors (Lipinski definition) is 7. The van der Waals surface area contributed by atoms with Crippen LogP contribution < -0.4 is 9.46 Å². The zero-order valence-corrected chi connectivity index (χ0v) is 18.8. The number of rotatable bonds is 7. The molecule has 2 aromatic rings. The molecule has 0 saturated carbocycles. The molecular weight excluding hydrogens is 470 g/mol. The molecule has 0 unspecified atom stereocenters. The fourth-order valence-electron chi connectivity index (χ4n) is 3.20. The van der Waals surface area contributed by atoms with Crippen LogP contribution in [-0.4, -0.2) is 46.3 Å². The SMILES string of the molecule is COc1ccc(NS(=O)(=O)c2ccc(Cl)c([N+](=O)[O-])c2)cc1S(=O)(=O)N1CCCCC1. The maximum atomic E-state index is 13.1. The second kappa shape index (κ2) is 8.99. The number of nitrogens with one attached hydrogen (secondary N) is 1. The van der Waals surface area contributed by atoms with Gasteiger partial charge in [0.25, 0.3) is 15.7 Å². The number of anilines is 1. The van der Waals surface area contributed by atoms with E-state index in [-0.39, 0.29) is 26.3 Å². The third kappa shape index (κ3) is 4.92. The van der Waals surface area contributed by atoms with Gasteiger partial charge >= 0.3 is 0 Å². The molecule has 0 atom stereocenters. The van der Waals surface area contributed by atoms with Crippen molar-refractivity contribution in [3.63, 3.8) is 0 Å². The topological polar surface area (TPSA) is 136 Å². The fourth-order valence-corrected chi connectivity index (χ4v) is 6.15. The van der Waals surface area contributed by atoms with Gasteiger partial charge in [0.2, 0.25) is 10.0 Å². The van der Waals surface area contributed by atoms with Gasteiger partial charge in [-0.25, -0.2) is 16.8 Å². The summed E-state index contributed by atoms with van der Waals surface area (Å²) in [6, 6.07) is 6.92. The summed E-state index contributed by atoms with van der Waals surface area (Å²) >= 11 is 5.74. The molecule has 1 aliphatic heterocycles. The van der Waals surface area contributed by atoms with Crippen molar-refractivity contribution in [2.24, 2.45) is 0 Å². The minimum atomic E-state index is -4.26. The van der Waals surface area contributed by atoms with Gasteiger partial charge in [-0.15, -0.1) is 0 Å².